The molecule has 0 bridgehead atoms. The van der Waals surface area contributed by atoms with Crippen LogP contribution in [0.15, 0.2) is 18.2 Å². The number of benzene rings is 1. The number of nitrogen functional groups attached to an aromatic ring is 1. The average Bonchev–Trinajstić information content (AvgIpc) is 2.34. The maximum atomic E-state index is 9.47. The normalized spacial score (nSPS) is 11.7. The molecule has 2 rings (SSSR count). The molecule has 3 N–H and O–H groups in total. The van der Waals surface area contributed by atoms with Crippen molar-refractivity contribution < 1.29 is 5.11 Å². The molecular weight excluding hydrogens is 389 g/mol. The molecule has 0 saturated carbocycles. The Balaban J connectivity index is 2.63. The first-order chi connectivity index (χ1) is 9.20. The number of halogens is 2. The summed E-state index contributed by atoms with van der Waals surface area (Å²) in [6, 6.07) is 4.87. The van der Waals surface area contributed by atoms with Crippen molar-refractivity contribution in [2.45, 2.75) is 26.2 Å². The Morgan fingerprint density at radius 3 is 2.45 bits per heavy atom. The minimum Gasteiger partial charge on any atom is -0.506 e. The van der Waals surface area contributed by atoms with E-state index in [9.17, 15) is 5.11 Å². The topological polar surface area (TPSA) is 72.0 Å². The quantitative estimate of drug-likeness (QED) is 0.706. The first-order valence-electron chi connectivity index (χ1n) is 6.02. The van der Waals surface area contributed by atoms with Crippen LogP contribution in [0.4, 0.5) is 5.82 Å². The summed E-state index contributed by atoms with van der Waals surface area (Å²) < 4.78 is 0.865. The summed E-state index contributed by atoms with van der Waals surface area (Å²) in [5.74, 6) is 0.990. The van der Waals surface area contributed by atoms with Gasteiger partial charge in [0.25, 0.3) is 0 Å². The maximum Gasteiger partial charge on any atom is 0.161 e. The van der Waals surface area contributed by atoms with Gasteiger partial charge in [-0.3, -0.25) is 0 Å². The van der Waals surface area contributed by atoms with E-state index >= 15 is 0 Å². The summed E-state index contributed by atoms with van der Waals surface area (Å²) >= 11 is 8.09. The van der Waals surface area contributed by atoms with Gasteiger partial charge in [0, 0.05) is 11.0 Å². The smallest absolute Gasteiger partial charge is 0.161 e. The highest BCUT2D eigenvalue weighted by Crippen LogP contribution is 2.32. The number of aromatic nitrogens is 2. The van der Waals surface area contributed by atoms with Crippen LogP contribution < -0.4 is 5.73 Å². The molecule has 20 heavy (non-hydrogen) atoms. The summed E-state index contributed by atoms with van der Waals surface area (Å²) in [5, 5.41) is 9.74. The number of nitrogens with two attached hydrogens (primary N) is 1. The minimum atomic E-state index is -0.136. The zero-order valence-electron chi connectivity index (χ0n) is 11.4. The van der Waals surface area contributed by atoms with Crippen LogP contribution in [0.1, 0.15) is 26.5 Å². The van der Waals surface area contributed by atoms with E-state index < -0.39 is 0 Å². The molecule has 0 aliphatic rings. The van der Waals surface area contributed by atoms with E-state index in [2.05, 4.69) is 53.3 Å². The molecule has 1 aromatic heterocycles. The molecule has 0 aliphatic carbocycles. The van der Waals surface area contributed by atoms with Gasteiger partial charge in [-0.05, 0) is 40.8 Å². The van der Waals surface area contributed by atoms with Gasteiger partial charge in [-0.15, -0.1) is 0 Å². The number of nitrogens with zero attached hydrogens (tertiary/aromatic N) is 2. The van der Waals surface area contributed by atoms with Crippen LogP contribution in [0.2, 0.25) is 5.02 Å². The van der Waals surface area contributed by atoms with Gasteiger partial charge in [0.05, 0.1) is 14.3 Å². The fourth-order valence-electron chi connectivity index (χ4n) is 1.74. The van der Waals surface area contributed by atoms with Crippen LogP contribution in [0.3, 0.4) is 0 Å². The van der Waals surface area contributed by atoms with E-state index in [1.54, 1.807) is 12.1 Å². The lowest BCUT2D eigenvalue weighted by atomic mass is 9.92. The van der Waals surface area contributed by atoms with Crippen LogP contribution in [0.5, 0.6) is 5.75 Å². The first kappa shape index (κ1) is 15.3. The van der Waals surface area contributed by atoms with E-state index in [0.29, 0.717) is 11.6 Å². The van der Waals surface area contributed by atoms with Crippen LogP contribution in [-0.2, 0) is 5.41 Å². The maximum absolute atomic E-state index is 9.47. The highest BCUT2D eigenvalue weighted by molar-refractivity contribution is 14.1. The van der Waals surface area contributed by atoms with Crippen LogP contribution in [0.25, 0.3) is 11.4 Å². The average molecular weight is 404 g/mol. The minimum absolute atomic E-state index is 0.0324. The number of phenolic OH excluding ortho intramolecular Hbond substituents is 1. The van der Waals surface area contributed by atoms with Crippen LogP contribution >= 0.6 is 34.2 Å². The second-order valence-electron chi connectivity index (χ2n) is 5.51. The zero-order valence-corrected chi connectivity index (χ0v) is 14.3. The Hall–Kier alpha value is -1.08. The van der Waals surface area contributed by atoms with Gasteiger partial charge in [0.15, 0.2) is 5.82 Å². The number of phenols is 1. The molecule has 0 radical (unpaired) electrons. The van der Waals surface area contributed by atoms with Crippen molar-refractivity contribution in [2.75, 3.05) is 5.73 Å². The molecule has 0 fully saturated rings. The summed E-state index contributed by atoms with van der Waals surface area (Å²) in [4.78, 5) is 8.91. The fraction of sp³-hybridized carbons (Fsp3) is 0.286. The van der Waals surface area contributed by atoms with E-state index in [1.807, 2.05) is 0 Å². The Kier molecular flexibility index (Phi) is 4.11. The van der Waals surface area contributed by atoms with Gasteiger partial charge < -0.3 is 10.8 Å². The Morgan fingerprint density at radius 1 is 1.25 bits per heavy atom. The number of rotatable bonds is 1. The lowest BCUT2D eigenvalue weighted by molar-refractivity contribution is 0.475. The molecular formula is C14H15ClIN3O. The molecule has 1 heterocycles. The number of aromatic hydroxyl groups is 1. The Bertz CT molecular complexity index is 668. The Labute approximate surface area is 136 Å². The molecule has 0 aliphatic heterocycles. The van der Waals surface area contributed by atoms with E-state index in [1.165, 1.54) is 6.07 Å². The van der Waals surface area contributed by atoms with Crippen molar-refractivity contribution in [3.63, 3.8) is 0 Å². The predicted molar refractivity (Wildman–Crippen MR) is 90.0 cm³/mol. The lowest BCUT2D eigenvalue weighted by Crippen LogP contribution is -2.18. The van der Waals surface area contributed by atoms with Crippen molar-refractivity contribution in [1.82, 2.24) is 9.97 Å². The van der Waals surface area contributed by atoms with Gasteiger partial charge in [-0.25, -0.2) is 9.97 Å². The van der Waals surface area contributed by atoms with Gasteiger partial charge >= 0.3 is 0 Å². The van der Waals surface area contributed by atoms with E-state index in [-0.39, 0.29) is 16.2 Å². The molecule has 0 atom stereocenters. The second kappa shape index (κ2) is 5.37. The lowest BCUT2D eigenvalue weighted by Gasteiger charge is -2.21. The summed E-state index contributed by atoms with van der Waals surface area (Å²) in [6.45, 7) is 6.22. The Morgan fingerprint density at radius 2 is 1.90 bits per heavy atom. The second-order valence-corrected chi connectivity index (χ2v) is 7.00. The van der Waals surface area contributed by atoms with Crippen LogP contribution in [0, 0.1) is 3.57 Å². The van der Waals surface area contributed by atoms with E-state index in [0.717, 1.165) is 14.8 Å². The fourth-order valence-corrected chi connectivity index (χ4v) is 2.97. The first-order valence-corrected chi connectivity index (χ1v) is 7.48. The summed E-state index contributed by atoms with van der Waals surface area (Å²) in [5.41, 5.74) is 7.46. The van der Waals surface area contributed by atoms with Gasteiger partial charge in [0.1, 0.15) is 11.6 Å². The molecule has 106 valence electrons. The third kappa shape index (κ3) is 2.98. The number of hydrogen-bond acceptors (Lipinski definition) is 4. The standard InChI is InChI=1S/C14H15ClIN3O/c1-14(2,3)11-10(16)12(17)19-13(18-11)7-4-5-9(20)8(15)6-7/h4-6,20H,1-3H3,(H2,17,18,19). The molecule has 0 amide bonds. The number of anilines is 1. The van der Waals surface area contributed by atoms with Gasteiger partial charge in [0.2, 0.25) is 0 Å². The highest BCUT2D eigenvalue weighted by Gasteiger charge is 2.22. The third-order valence-electron chi connectivity index (χ3n) is 2.79. The molecule has 0 saturated heterocycles. The van der Waals surface area contributed by atoms with Crippen molar-refractivity contribution in [3.8, 4) is 17.1 Å². The molecule has 0 spiro atoms. The zero-order chi connectivity index (χ0) is 15.1. The predicted octanol–water partition coefficient (Wildman–Crippen LogP) is 3.99. The van der Waals surface area contributed by atoms with Crippen molar-refractivity contribution in [1.29, 1.82) is 0 Å². The largest absolute Gasteiger partial charge is 0.506 e. The van der Waals surface area contributed by atoms with Crippen LogP contribution in [-0.4, -0.2) is 15.1 Å². The van der Waals surface area contributed by atoms with Gasteiger partial charge in [-0.1, -0.05) is 32.4 Å². The molecule has 1 aromatic carbocycles. The highest BCUT2D eigenvalue weighted by atomic mass is 127. The monoisotopic (exact) mass is 403 g/mol. The number of hydrogen-bond donors (Lipinski definition) is 2. The SMILES string of the molecule is CC(C)(C)c1nc(-c2ccc(O)c(Cl)c2)nc(N)c1I. The van der Waals surface area contributed by atoms with Crippen molar-refractivity contribution in [2.24, 2.45) is 0 Å². The van der Waals surface area contributed by atoms with Gasteiger partial charge in [-0.2, -0.15) is 0 Å². The molecule has 0 unspecified atom stereocenters. The third-order valence-corrected chi connectivity index (χ3v) is 4.16. The van der Waals surface area contributed by atoms with Crippen molar-refractivity contribution in [3.05, 3.63) is 32.5 Å². The molecule has 2 aromatic rings. The molecule has 6 heteroatoms. The molecule has 4 nitrogen and oxygen atoms in total. The van der Waals surface area contributed by atoms with E-state index in [4.69, 9.17) is 17.3 Å². The van der Waals surface area contributed by atoms with Crippen molar-refractivity contribution >= 4 is 40.0 Å². The summed E-state index contributed by atoms with van der Waals surface area (Å²) in [7, 11) is 0. The summed E-state index contributed by atoms with van der Waals surface area (Å²) in [6.07, 6.45) is 0.